The first-order valence-electron chi connectivity index (χ1n) is 10.4. The van der Waals surface area contributed by atoms with Gasteiger partial charge in [0.05, 0.1) is 23.9 Å². The highest BCUT2D eigenvalue weighted by Gasteiger charge is 2.51. The number of aromatic amines is 1. The molecular formula is C22H26F2N4O3. The largest absolute Gasteiger partial charge is 0.489 e. The normalized spacial score (nSPS) is 23.5. The van der Waals surface area contributed by atoms with E-state index in [1.54, 1.807) is 30.2 Å². The third-order valence-electron chi connectivity index (χ3n) is 6.54. The van der Waals surface area contributed by atoms with Crippen molar-refractivity contribution in [3.63, 3.8) is 0 Å². The van der Waals surface area contributed by atoms with Gasteiger partial charge in [-0.1, -0.05) is 6.07 Å². The summed E-state index contributed by atoms with van der Waals surface area (Å²) in [6, 6.07) is 6.02. The first-order chi connectivity index (χ1) is 14.7. The molecule has 4 rings (SSSR count). The standard InChI is InChI=1S/C22H26F2N4O3/c1-21(20(25)30,18-7-6-16(12-26-18)31-15-3-2-4-15)28-10-9-22(23,24)17(13-28)14-5-8-19(29)27-11-14/h5-8,11-12,15,17H,2-4,9-10,13H2,1H3,(H2,25,30)(H,27,29)/t17-,21?/m1/s1. The Morgan fingerprint density at radius 2 is 2.10 bits per heavy atom. The maximum atomic E-state index is 14.8. The average molecular weight is 432 g/mol. The number of pyridine rings is 2. The van der Waals surface area contributed by atoms with E-state index >= 15 is 0 Å². The zero-order valence-corrected chi connectivity index (χ0v) is 17.3. The number of carbonyl (C=O) groups is 1. The minimum Gasteiger partial charge on any atom is -0.489 e. The number of ether oxygens (including phenoxy) is 1. The molecule has 1 aliphatic carbocycles. The van der Waals surface area contributed by atoms with Crippen LogP contribution in [0.5, 0.6) is 5.75 Å². The fourth-order valence-electron chi connectivity index (χ4n) is 4.16. The van der Waals surface area contributed by atoms with Gasteiger partial charge in [-0.05, 0) is 43.9 Å². The zero-order valence-electron chi connectivity index (χ0n) is 17.3. The lowest BCUT2D eigenvalue weighted by Gasteiger charge is -2.46. The highest BCUT2D eigenvalue weighted by Crippen LogP contribution is 2.43. The Balaban J connectivity index is 1.61. The van der Waals surface area contributed by atoms with Crippen molar-refractivity contribution in [2.24, 2.45) is 5.73 Å². The molecule has 0 bridgehead atoms. The van der Waals surface area contributed by atoms with Crippen molar-refractivity contribution in [2.75, 3.05) is 13.1 Å². The molecular weight excluding hydrogens is 406 g/mol. The molecule has 0 spiro atoms. The van der Waals surface area contributed by atoms with Gasteiger partial charge in [0, 0.05) is 31.8 Å². The van der Waals surface area contributed by atoms with Gasteiger partial charge in [-0.2, -0.15) is 0 Å². The van der Waals surface area contributed by atoms with E-state index in [1.165, 1.54) is 18.3 Å². The van der Waals surface area contributed by atoms with Crippen LogP contribution in [-0.4, -0.2) is 45.9 Å². The number of aromatic nitrogens is 2. The first-order valence-corrected chi connectivity index (χ1v) is 10.4. The van der Waals surface area contributed by atoms with Crippen LogP contribution in [-0.2, 0) is 10.3 Å². The van der Waals surface area contributed by atoms with Gasteiger partial charge in [0.25, 0.3) is 5.92 Å². The van der Waals surface area contributed by atoms with Crippen molar-refractivity contribution >= 4 is 5.91 Å². The number of halogens is 2. The summed E-state index contributed by atoms with van der Waals surface area (Å²) in [5.74, 6) is -4.24. The van der Waals surface area contributed by atoms with Crippen molar-refractivity contribution < 1.29 is 18.3 Å². The Hall–Kier alpha value is -2.81. The highest BCUT2D eigenvalue weighted by molar-refractivity contribution is 5.85. The predicted octanol–water partition coefficient (Wildman–Crippen LogP) is 2.53. The number of amides is 1. The number of carbonyl (C=O) groups excluding carboxylic acids is 1. The molecule has 1 saturated heterocycles. The number of hydrogen-bond donors (Lipinski definition) is 2. The van der Waals surface area contributed by atoms with Gasteiger partial charge in [0.2, 0.25) is 11.5 Å². The van der Waals surface area contributed by atoms with Crippen molar-refractivity contribution in [3.8, 4) is 5.75 Å². The monoisotopic (exact) mass is 432 g/mol. The van der Waals surface area contributed by atoms with Gasteiger partial charge in [-0.25, -0.2) is 8.78 Å². The van der Waals surface area contributed by atoms with Gasteiger partial charge >= 0.3 is 0 Å². The maximum absolute atomic E-state index is 14.8. The Labute approximate surface area is 178 Å². The summed E-state index contributed by atoms with van der Waals surface area (Å²) in [5.41, 5.74) is 4.72. The van der Waals surface area contributed by atoms with Crippen LogP contribution in [0.4, 0.5) is 8.78 Å². The molecule has 0 aromatic carbocycles. The van der Waals surface area contributed by atoms with Gasteiger partial charge in [-0.15, -0.1) is 0 Å². The van der Waals surface area contributed by atoms with Crippen LogP contribution < -0.4 is 16.0 Å². The molecule has 31 heavy (non-hydrogen) atoms. The lowest BCUT2D eigenvalue weighted by atomic mass is 9.83. The number of nitrogens with zero attached hydrogens (tertiary/aromatic N) is 2. The van der Waals surface area contributed by atoms with E-state index in [4.69, 9.17) is 10.5 Å². The number of rotatable bonds is 6. The van der Waals surface area contributed by atoms with Gasteiger partial charge in [0.15, 0.2) is 0 Å². The number of primary amides is 1. The molecule has 3 heterocycles. The number of H-pyrrole nitrogens is 1. The van der Waals surface area contributed by atoms with E-state index in [-0.39, 0.29) is 24.8 Å². The van der Waals surface area contributed by atoms with Gasteiger partial charge in [-0.3, -0.25) is 19.5 Å². The molecule has 1 saturated carbocycles. The second-order valence-corrected chi connectivity index (χ2v) is 8.48. The van der Waals surface area contributed by atoms with Crippen LogP contribution in [0.25, 0.3) is 0 Å². The quantitative estimate of drug-likeness (QED) is 0.731. The Kier molecular flexibility index (Phi) is 5.55. The molecule has 3 N–H and O–H groups in total. The molecule has 2 aromatic rings. The summed E-state index contributed by atoms with van der Waals surface area (Å²) in [4.78, 5) is 32.4. The van der Waals surface area contributed by atoms with Crippen molar-refractivity contribution in [1.29, 1.82) is 0 Å². The van der Waals surface area contributed by atoms with Crippen LogP contribution in [0.15, 0.2) is 41.5 Å². The number of nitrogens with two attached hydrogens (primary N) is 1. The first kappa shape index (κ1) is 21.4. The summed E-state index contributed by atoms with van der Waals surface area (Å²) in [7, 11) is 0. The fraction of sp³-hybridized carbons (Fsp3) is 0.500. The Bertz CT molecular complexity index is 986. The van der Waals surface area contributed by atoms with E-state index in [0.29, 0.717) is 17.0 Å². The van der Waals surface area contributed by atoms with Crippen LogP contribution >= 0.6 is 0 Å². The minimum atomic E-state index is -2.98. The molecule has 2 atom stereocenters. The molecule has 1 amide bonds. The third kappa shape index (κ3) is 4.06. The molecule has 0 radical (unpaired) electrons. The molecule has 2 fully saturated rings. The van der Waals surface area contributed by atoms with Gasteiger partial charge in [0.1, 0.15) is 11.3 Å². The lowest BCUT2D eigenvalue weighted by molar-refractivity contribution is -0.139. The molecule has 9 heteroatoms. The number of nitrogens with one attached hydrogen (secondary N) is 1. The number of alkyl halides is 2. The van der Waals surface area contributed by atoms with Crippen molar-refractivity contribution in [3.05, 3.63) is 58.3 Å². The summed E-state index contributed by atoms with van der Waals surface area (Å²) >= 11 is 0. The maximum Gasteiger partial charge on any atom is 0.257 e. The fourth-order valence-corrected chi connectivity index (χ4v) is 4.16. The molecule has 2 aromatic heterocycles. The molecule has 166 valence electrons. The number of likely N-dealkylation sites (tertiary alicyclic amines) is 1. The Morgan fingerprint density at radius 3 is 2.65 bits per heavy atom. The van der Waals surface area contributed by atoms with Crippen molar-refractivity contribution in [2.45, 2.75) is 56.1 Å². The SMILES string of the molecule is CC(C(N)=O)(c1ccc(OC2CCC2)cn1)N1CCC(F)(F)[C@@H](c2ccc(=O)[nH]c2)C1. The van der Waals surface area contributed by atoms with E-state index in [0.717, 1.165) is 19.3 Å². The lowest BCUT2D eigenvalue weighted by Crippen LogP contribution is -2.59. The summed E-state index contributed by atoms with van der Waals surface area (Å²) in [5, 5.41) is 0. The summed E-state index contributed by atoms with van der Waals surface area (Å²) in [6.07, 6.45) is 5.76. The van der Waals surface area contributed by atoms with Crippen molar-refractivity contribution in [1.82, 2.24) is 14.9 Å². The second kappa shape index (κ2) is 8.03. The average Bonchev–Trinajstić information content (AvgIpc) is 2.71. The van der Waals surface area contributed by atoms with Crippen LogP contribution in [0, 0.1) is 0 Å². The van der Waals surface area contributed by atoms with E-state index < -0.39 is 29.7 Å². The molecule has 1 unspecified atom stereocenters. The topological polar surface area (TPSA) is 101 Å². The summed E-state index contributed by atoms with van der Waals surface area (Å²) < 4.78 is 35.3. The van der Waals surface area contributed by atoms with Crippen LogP contribution in [0.1, 0.15) is 49.8 Å². The number of piperidine rings is 1. The third-order valence-corrected chi connectivity index (χ3v) is 6.54. The van der Waals surface area contributed by atoms with Gasteiger partial charge < -0.3 is 15.5 Å². The van der Waals surface area contributed by atoms with Crippen LogP contribution in [0.2, 0.25) is 0 Å². The van der Waals surface area contributed by atoms with Crippen LogP contribution in [0.3, 0.4) is 0 Å². The molecule has 2 aliphatic rings. The Morgan fingerprint density at radius 1 is 1.32 bits per heavy atom. The second-order valence-electron chi connectivity index (χ2n) is 8.48. The number of hydrogen-bond acceptors (Lipinski definition) is 5. The summed E-state index contributed by atoms with van der Waals surface area (Å²) in [6.45, 7) is 1.48. The van der Waals surface area contributed by atoms with E-state index in [2.05, 4.69) is 9.97 Å². The highest BCUT2D eigenvalue weighted by atomic mass is 19.3. The van der Waals surface area contributed by atoms with E-state index in [1.807, 2.05) is 0 Å². The molecule has 1 aliphatic heterocycles. The van der Waals surface area contributed by atoms with E-state index in [9.17, 15) is 18.4 Å². The predicted molar refractivity (Wildman–Crippen MR) is 110 cm³/mol. The zero-order chi connectivity index (χ0) is 22.2. The smallest absolute Gasteiger partial charge is 0.257 e. The molecule has 7 nitrogen and oxygen atoms in total. The minimum absolute atomic E-state index is 0.0195.